The Balaban J connectivity index is 1.42. The van der Waals surface area contributed by atoms with Crippen LogP contribution in [0.5, 0.6) is 5.75 Å². The van der Waals surface area contributed by atoms with Gasteiger partial charge >= 0.3 is 0 Å². The molecule has 1 aromatic heterocycles. The number of rotatable bonds is 4. The Hall–Kier alpha value is -2.21. The Morgan fingerprint density at radius 1 is 1.22 bits per heavy atom. The first-order valence-corrected chi connectivity index (χ1v) is 9.92. The number of fused-ring (bicyclic) bond motifs is 4. The molecule has 0 amide bonds. The number of methoxy groups -OCH3 is 1. The second-order valence-corrected chi connectivity index (χ2v) is 7.85. The van der Waals surface area contributed by atoms with Gasteiger partial charge in [-0.15, -0.1) is 0 Å². The largest absolute Gasteiger partial charge is 0.497 e. The zero-order valence-electron chi connectivity index (χ0n) is 15.7. The molecule has 0 aliphatic carbocycles. The van der Waals surface area contributed by atoms with Crippen molar-refractivity contribution in [3.05, 3.63) is 47.0 Å². The third-order valence-corrected chi connectivity index (χ3v) is 6.31. The van der Waals surface area contributed by atoms with Gasteiger partial charge in [-0.2, -0.15) is 0 Å². The molecule has 0 saturated carbocycles. The van der Waals surface area contributed by atoms with Crippen molar-refractivity contribution in [3.8, 4) is 5.75 Å². The van der Waals surface area contributed by atoms with Crippen molar-refractivity contribution in [2.24, 2.45) is 0 Å². The first-order valence-electron chi connectivity index (χ1n) is 9.92. The van der Waals surface area contributed by atoms with Crippen molar-refractivity contribution >= 4 is 5.95 Å². The van der Waals surface area contributed by atoms with Crippen molar-refractivity contribution in [2.45, 2.75) is 50.7 Å². The summed E-state index contributed by atoms with van der Waals surface area (Å²) < 4.78 is 19.6. The molecule has 0 spiro atoms. The molecule has 2 saturated heterocycles. The third-order valence-electron chi connectivity index (χ3n) is 6.31. The first kappa shape index (κ1) is 16.9. The van der Waals surface area contributed by atoms with Crippen LogP contribution in [0.2, 0.25) is 0 Å². The van der Waals surface area contributed by atoms with Crippen LogP contribution in [0.4, 0.5) is 10.3 Å². The fraction of sp³-hybridized carbons (Fsp3) is 0.524. The highest BCUT2D eigenvalue weighted by atomic mass is 19.1. The SMILES string of the molecule is COc1ccc(F)c(CN2[C@H]3CC[C@@H]2c2cnc(N4CCCC4)nc2C3)c1. The summed E-state index contributed by atoms with van der Waals surface area (Å²) in [4.78, 5) is 14.3. The molecule has 1 aromatic carbocycles. The maximum Gasteiger partial charge on any atom is 0.225 e. The Labute approximate surface area is 159 Å². The van der Waals surface area contributed by atoms with E-state index >= 15 is 0 Å². The lowest BCUT2D eigenvalue weighted by Gasteiger charge is -2.36. The Bertz CT molecular complexity index is 852. The maximum atomic E-state index is 14.3. The zero-order valence-corrected chi connectivity index (χ0v) is 15.7. The lowest BCUT2D eigenvalue weighted by Crippen LogP contribution is -2.38. The topological polar surface area (TPSA) is 41.5 Å². The highest BCUT2D eigenvalue weighted by molar-refractivity contribution is 5.38. The van der Waals surface area contributed by atoms with Gasteiger partial charge in [-0.05, 0) is 43.9 Å². The molecule has 3 aliphatic rings. The van der Waals surface area contributed by atoms with Crippen LogP contribution in [0.25, 0.3) is 0 Å². The molecular weight excluding hydrogens is 343 g/mol. The van der Waals surface area contributed by atoms with E-state index in [1.807, 2.05) is 12.3 Å². The van der Waals surface area contributed by atoms with Crippen LogP contribution in [0.3, 0.4) is 0 Å². The molecule has 2 fully saturated rings. The summed E-state index contributed by atoms with van der Waals surface area (Å²) in [7, 11) is 1.62. The van der Waals surface area contributed by atoms with E-state index < -0.39 is 0 Å². The number of ether oxygens (including phenoxy) is 1. The van der Waals surface area contributed by atoms with Gasteiger partial charge in [0.2, 0.25) is 5.95 Å². The second kappa shape index (κ2) is 6.75. The van der Waals surface area contributed by atoms with Crippen LogP contribution < -0.4 is 9.64 Å². The summed E-state index contributed by atoms with van der Waals surface area (Å²) in [6, 6.07) is 5.70. The van der Waals surface area contributed by atoms with Gasteiger partial charge in [0.1, 0.15) is 11.6 Å². The van der Waals surface area contributed by atoms with Crippen molar-refractivity contribution < 1.29 is 9.13 Å². The fourth-order valence-electron chi connectivity index (χ4n) is 4.88. The molecule has 3 aliphatic heterocycles. The maximum absolute atomic E-state index is 14.3. The van der Waals surface area contributed by atoms with E-state index in [1.54, 1.807) is 13.2 Å². The number of anilines is 1. The van der Waals surface area contributed by atoms with Gasteiger partial charge in [-0.3, -0.25) is 4.90 Å². The fourth-order valence-corrected chi connectivity index (χ4v) is 4.88. The quantitative estimate of drug-likeness (QED) is 0.826. The number of nitrogens with zero attached hydrogens (tertiary/aromatic N) is 4. The smallest absolute Gasteiger partial charge is 0.225 e. The average molecular weight is 368 g/mol. The molecule has 5 rings (SSSR count). The molecule has 142 valence electrons. The summed E-state index contributed by atoms with van der Waals surface area (Å²) >= 11 is 0. The molecule has 2 aromatic rings. The zero-order chi connectivity index (χ0) is 18.4. The minimum absolute atomic E-state index is 0.165. The molecule has 4 heterocycles. The number of halogens is 1. The standard InChI is InChI=1S/C21H25FN4O/c1-27-16-5-6-18(22)14(10-16)13-26-15-4-7-20(26)17-12-23-21(24-19(17)11-15)25-8-2-3-9-25/h5-6,10,12,15,20H,2-4,7-9,11,13H2,1H3/t15-,20+/m0/s1. The van der Waals surface area contributed by atoms with E-state index in [0.717, 1.165) is 38.3 Å². The van der Waals surface area contributed by atoms with Gasteiger partial charge in [0, 0.05) is 55.5 Å². The van der Waals surface area contributed by atoms with Crippen LogP contribution in [-0.4, -0.2) is 41.1 Å². The van der Waals surface area contributed by atoms with Gasteiger partial charge in [0.05, 0.1) is 12.8 Å². The number of benzene rings is 1. The lowest BCUT2D eigenvalue weighted by atomic mass is 9.98. The Kier molecular flexibility index (Phi) is 4.23. The minimum atomic E-state index is -0.165. The summed E-state index contributed by atoms with van der Waals surface area (Å²) in [6.07, 6.45) is 7.64. The monoisotopic (exact) mass is 368 g/mol. The lowest BCUT2D eigenvalue weighted by molar-refractivity contribution is 0.164. The third kappa shape index (κ3) is 2.96. The average Bonchev–Trinajstić information content (AvgIpc) is 3.31. The molecule has 2 atom stereocenters. The Morgan fingerprint density at radius 3 is 2.89 bits per heavy atom. The Morgan fingerprint density at radius 2 is 2.07 bits per heavy atom. The molecule has 27 heavy (non-hydrogen) atoms. The second-order valence-electron chi connectivity index (χ2n) is 7.85. The van der Waals surface area contributed by atoms with Gasteiger partial charge < -0.3 is 9.64 Å². The van der Waals surface area contributed by atoms with Crippen LogP contribution in [0.15, 0.2) is 24.4 Å². The van der Waals surface area contributed by atoms with Crippen molar-refractivity contribution in [3.63, 3.8) is 0 Å². The number of hydrogen-bond acceptors (Lipinski definition) is 5. The first-order chi connectivity index (χ1) is 13.2. The van der Waals surface area contributed by atoms with Gasteiger partial charge in [0.25, 0.3) is 0 Å². The van der Waals surface area contributed by atoms with E-state index in [-0.39, 0.29) is 11.9 Å². The number of hydrogen-bond donors (Lipinski definition) is 0. The highest BCUT2D eigenvalue weighted by Crippen LogP contribution is 2.44. The molecule has 6 heteroatoms. The molecule has 0 radical (unpaired) electrons. The van der Waals surface area contributed by atoms with Crippen molar-refractivity contribution in [2.75, 3.05) is 25.1 Å². The number of aromatic nitrogens is 2. The van der Waals surface area contributed by atoms with Crippen LogP contribution >= 0.6 is 0 Å². The van der Waals surface area contributed by atoms with Gasteiger partial charge in [-0.1, -0.05) is 0 Å². The molecule has 2 bridgehead atoms. The van der Waals surface area contributed by atoms with Crippen molar-refractivity contribution in [1.82, 2.24) is 14.9 Å². The van der Waals surface area contributed by atoms with E-state index in [1.165, 1.54) is 30.2 Å². The van der Waals surface area contributed by atoms with E-state index in [2.05, 4.69) is 14.8 Å². The van der Waals surface area contributed by atoms with Gasteiger partial charge in [-0.25, -0.2) is 14.4 Å². The summed E-state index contributed by atoms with van der Waals surface area (Å²) in [5.74, 6) is 1.43. The van der Waals surface area contributed by atoms with Crippen molar-refractivity contribution in [1.29, 1.82) is 0 Å². The van der Waals surface area contributed by atoms with E-state index in [4.69, 9.17) is 9.72 Å². The minimum Gasteiger partial charge on any atom is -0.497 e. The predicted octanol–water partition coefficient (Wildman–Crippen LogP) is 3.49. The van der Waals surface area contributed by atoms with E-state index in [0.29, 0.717) is 23.9 Å². The molecule has 0 unspecified atom stereocenters. The van der Waals surface area contributed by atoms with E-state index in [9.17, 15) is 4.39 Å². The predicted molar refractivity (Wildman–Crippen MR) is 101 cm³/mol. The van der Waals surface area contributed by atoms with Crippen LogP contribution in [0, 0.1) is 5.82 Å². The van der Waals surface area contributed by atoms with Crippen LogP contribution in [0.1, 0.15) is 48.5 Å². The summed E-state index contributed by atoms with van der Waals surface area (Å²) in [6.45, 7) is 2.73. The van der Waals surface area contributed by atoms with Crippen LogP contribution in [-0.2, 0) is 13.0 Å². The highest BCUT2D eigenvalue weighted by Gasteiger charge is 2.41. The molecule has 5 nitrogen and oxygen atoms in total. The normalized spacial score (nSPS) is 24.3. The summed E-state index contributed by atoms with van der Waals surface area (Å²) in [5.41, 5.74) is 3.13. The summed E-state index contributed by atoms with van der Waals surface area (Å²) in [5, 5.41) is 0. The molecular formula is C21H25FN4O. The molecule has 0 N–H and O–H groups in total. The van der Waals surface area contributed by atoms with Gasteiger partial charge in [0.15, 0.2) is 0 Å².